The van der Waals surface area contributed by atoms with Crippen molar-refractivity contribution in [1.29, 1.82) is 0 Å². The maximum Gasteiger partial charge on any atom is 0.191 e. The van der Waals surface area contributed by atoms with E-state index in [9.17, 15) is 8.42 Å². The Bertz CT molecular complexity index is 480. The van der Waals surface area contributed by atoms with Crippen LogP contribution in [0.3, 0.4) is 0 Å². The lowest BCUT2D eigenvalue weighted by Crippen LogP contribution is -2.39. The van der Waals surface area contributed by atoms with Crippen LogP contribution in [0.2, 0.25) is 0 Å². The molecule has 0 aromatic heterocycles. The van der Waals surface area contributed by atoms with Crippen LogP contribution >= 0.6 is 24.0 Å². The van der Waals surface area contributed by atoms with Crippen molar-refractivity contribution in [3.8, 4) is 0 Å². The van der Waals surface area contributed by atoms with Gasteiger partial charge in [0.15, 0.2) is 5.96 Å². The molecular weight excluding hydrogens is 467 g/mol. The van der Waals surface area contributed by atoms with E-state index in [1.807, 2.05) is 6.92 Å². The number of sulfone groups is 1. The maximum atomic E-state index is 11.0. The first kappa shape index (κ1) is 25.9. The zero-order valence-electron chi connectivity index (χ0n) is 16.5. The number of guanidine groups is 1. The van der Waals surface area contributed by atoms with Crippen molar-refractivity contribution < 1.29 is 13.2 Å². The number of hydrogen-bond donors (Lipinski definition) is 2. The van der Waals surface area contributed by atoms with Crippen molar-refractivity contribution in [1.82, 2.24) is 15.5 Å². The number of rotatable bonds is 11. The molecule has 1 heterocycles. The first-order valence-corrected chi connectivity index (χ1v) is 11.5. The van der Waals surface area contributed by atoms with Crippen LogP contribution < -0.4 is 10.6 Å². The zero-order valence-corrected chi connectivity index (χ0v) is 19.6. The van der Waals surface area contributed by atoms with Crippen molar-refractivity contribution in [3.63, 3.8) is 0 Å². The van der Waals surface area contributed by atoms with Crippen LogP contribution in [0.15, 0.2) is 4.99 Å². The van der Waals surface area contributed by atoms with Crippen LogP contribution in [0.5, 0.6) is 0 Å². The Labute approximate surface area is 176 Å². The average Bonchev–Trinajstić information content (AvgIpc) is 2.55. The predicted molar refractivity (Wildman–Crippen MR) is 119 cm³/mol. The minimum Gasteiger partial charge on any atom is -0.379 e. The van der Waals surface area contributed by atoms with Gasteiger partial charge in [-0.3, -0.25) is 4.99 Å². The number of likely N-dealkylation sites (tertiary alicyclic amines) is 1. The molecule has 0 amide bonds. The second-order valence-corrected chi connectivity index (χ2v) is 9.07. The van der Waals surface area contributed by atoms with Gasteiger partial charge in [0, 0.05) is 25.9 Å². The highest BCUT2D eigenvalue weighted by molar-refractivity contribution is 14.0. The molecule has 1 rings (SSSR count). The third kappa shape index (κ3) is 14.0. The van der Waals surface area contributed by atoms with Crippen LogP contribution in [-0.4, -0.2) is 83.8 Å². The molecule has 0 spiro atoms. The number of nitrogens with one attached hydrogen (secondary N) is 2. The van der Waals surface area contributed by atoms with Crippen molar-refractivity contribution in [3.05, 3.63) is 0 Å². The fourth-order valence-electron chi connectivity index (χ4n) is 2.67. The molecule has 2 N–H and O–H groups in total. The van der Waals surface area contributed by atoms with E-state index in [2.05, 4.69) is 27.4 Å². The molecule has 0 unspecified atom stereocenters. The SMILES string of the molecule is CCNC(=NCCCN1CCC(C)CC1)NCCOCCS(C)(=O)=O.I. The van der Waals surface area contributed by atoms with Gasteiger partial charge >= 0.3 is 0 Å². The van der Waals surface area contributed by atoms with Gasteiger partial charge in [0.05, 0.1) is 19.0 Å². The molecule has 1 saturated heterocycles. The van der Waals surface area contributed by atoms with Crippen molar-refractivity contribution in [2.75, 3.05) is 64.5 Å². The summed E-state index contributed by atoms with van der Waals surface area (Å²) >= 11 is 0. The van der Waals surface area contributed by atoms with Gasteiger partial charge < -0.3 is 20.3 Å². The van der Waals surface area contributed by atoms with Gasteiger partial charge in [-0.15, -0.1) is 24.0 Å². The third-order valence-electron chi connectivity index (χ3n) is 4.26. The molecule has 0 aromatic carbocycles. The van der Waals surface area contributed by atoms with E-state index >= 15 is 0 Å². The highest BCUT2D eigenvalue weighted by atomic mass is 127. The van der Waals surface area contributed by atoms with Crippen LogP contribution in [0.4, 0.5) is 0 Å². The van der Waals surface area contributed by atoms with Crippen molar-refractivity contribution in [2.45, 2.75) is 33.1 Å². The summed E-state index contributed by atoms with van der Waals surface area (Å²) in [6.07, 6.45) is 4.91. The van der Waals surface area contributed by atoms with E-state index in [-0.39, 0.29) is 36.3 Å². The van der Waals surface area contributed by atoms with Gasteiger partial charge in [-0.05, 0) is 51.7 Å². The number of halogens is 1. The van der Waals surface area contributed by atoms with Gasteiger partial charge in [-0.25, -0.2) is 8.42 Å². The molecule has 0 aliphatic carbocycles. The molecular formula is C17H37IN4O3S. The molecule has 9 heteroatoms. The first-order valence-electron chi connectivity index (χ1n) is 9.40. The van der Waals surface area contributed by atoms with E-state index in [0.717, 1.165) is 37.9 Å². The summed E-state index contributed by atoms with van der Waals surface area (Å²) in [6, 6.07) is 0. The van der Waals surface area contributed by atoms with Gasteiger partial charge in [-0.1, -0.05) is 6.92 Å². The number of ether oxygens (including phenoxy) is 1. The number of piperidine rings is 1. The maximum absolute atomic E-state index is 11.0. The standard InChI is InChI=1S/C17H36N4O3S.HI/c1-4-18-17(20-9-13-24-14-15-25(3,22)23)19-8-5-10-21-11-6-16(2)7-12-21;/h16H,4-15H2,1-3H3,(H2,18,19,20);1H. The summed E-state index contributed by atoms with van der Waals surface area (Å²) in [6.45, 7) is 10.8. The first-order chi connectivity index (χ1) is 11.9. The molecule has 156 valence electrons. The molecule has 1 fully saturated rings. The lowest BCUT2D eigenvalue weighted by atomic mass is 9.99. The van der Waals surface area contributed by atoms with Crippen LogP contribution in [0.25, 0.3) is 0 Å². The fraction of sp³-hybridized carbons (Fsp3) is 0.941. The second-order valence-electron chi connectivity index (χ2n) is 6.81. The number of aliphatic imine (C=N–C) groups is 1. The minimum absolute atomic E-state index is 0. The highest BCUT2D eigenvalue weighted by Gasteiger charge is 2.14. The molecule has 1 aliphatic rings. The molecule has 0 saturated carbocycles. The smallest absolute Gasteiger partial charge is 0.191 e. The normalized spacial score (nSPS) is 17.0. The van der Waals surface area contributed by atoms with Gasteiger partial charge in [0.25, 0.3) is 0 Å². The topological polar surface area (TPSA) is 83.0 Å². The Hall–Kier alpha value is -0.130. The van der Waals surface area contributed by atoms with Crippen molar-refractivity contribution in [2.24, 2.45) is 10.9 Å². The third-order valence-corrected chi connectivity index (χ3v) is 5.17. The second kappa shape index (κ2) is 14.9. The van der Waals surface area contributed by atoms with Crippen molar-refractivity contribution >= 4 is 39.8 Å². The molecule has 0 bridgehead atoms. The largest absolute Gasteiger partial charge is 0.379 e. The van der Waals surface area contributed by atoms with Gasteiger partial charge in [0.2, 0.25) is 0 Å². The van der Waals surface area contributed by atoms with E-state index in [1.54, 1.807) is 0 Å². The number of nitrogens with zero attached hydrogens (tertiary/aromatic N) is 2. The Kier molecular flexibility index (Phi) is 14.8. The Morgan fingerprint density at radius 2 is 1.92 bits per heavy atom. The quantitative estimate of drug-likeness (QED) is 0.191. The lowest BCUT2D eigenvalue weighted by molar-refractivity contribution is 0.154. The monoisotopic (exact) mass is 504 g/mol. The lowest BCUT2D eigenvalue weighted by Gasteiger charge is -2.29. The van der Waals surface area contributed by atoms with E-state index in [1.165, 1.54) is 32.2 Å². The van der Waals surface area contributed by atoms with Crippen LogP contribution in [0.1, 0.15) is 33.1 Å². The van der Waals surface area contributed by atoms with Crippen LogP contribution in [-0.2, 0) is 14.6 Å². The Morgan fingerprint density at radius 3 is 2.54 bits per heavy atom. The molecule has 0 atom stereocenters. The zero-order chi connectivity index (χ0) is 18.5. The molecule has 0 aromatic rings. The molecule has 26 heavy (non-hydrogen) atoms. The summed E-state index contributed by atoms with van der Waals surface area (Å²) in [4.78, 5) is 7.12. The minimum atomic E-state index is -2.95. The number of hydrogen-bond acceptors (Lipinski definition) is 5. The molecule has 0 radical (unpaired) electrons. The highest BCUT2D eigenvalue weighted by Crippen LogP contribution is 2.15. The summed E-state index contributed by atoms with van der Waals surface area (Å²) in [5.41, 5.74) is 0. The Balaban J connectivity index is 0.00000625. The Morgan fingerprint density at radius 1 is 1.23 bits per heavy atom. The van der Waals surface area contributed by atoms with Gasteiger partial charge in [0.1, 0.15) is 9.84 Å². The van der Waals surface area contributed by atoms with E-state index in [0.29, 0.717) is 13.2 Å². The summed E-state index contributed by atoms with van der Waals surface area (Å²) < 4.78 is 27.3. The van der Waals surface area contributed by atoms with E-state index < -0.39 is 9.84 Å². The molecule has 1 aliphatic heterocycles. The molecule has 7 nitrogen and oxygen atoms in total. The van der Waals surface area contributed by atoms with Gasteiger partial charge in [-0.2, -0.15) is 0 Å². The fourth-order valence-corrected chi connectivity index (χ4v) is 3.09. The summed E-state index contributed by atoms with van der Waals surface area (Å²) in [7, 11) is -2.95. The predicted octanol–water partition coefficient (Wildman–Crippen LogP) is 1.34. The average molecular weight is 504 g/mol. The summed E-state index contributed by atoms with van der Waals surface area (Å²) in [5.74, 6) is 1.73. The van der Waals surface area contributed by atoms with E-state index in [4.69, 9.17) is 4.74 Å². The van der Waals surface area contributed by atoms with Crippen LogP contribution in [0, 0.1) is 5.92 Å². The summed E-state index contributed by atoms with van der Waals surface area (Å²) in [5, 5.41) is 6.43.